The lowest BCUT2D eigenvalue weighted by Crippen LogP contribution is -1.94. The standard InChI is InChI=1S/C17H12Cl2N2O2S/c1-10-2-4-11(5-3-10)15-9-24-17(20-15)7-12-6-14(19)16(21(22)23)8-13(12)18/h2-6,8-9H,7H2,1H3. The van der Waals surface area contributed by atoms with Gasteiger partial charge in [0.25, 0.3) is 5.69 Å². The van der Waals surface area contributed by atoms with Crippen molar-refractivity contribution in [1.29, 1.82) is 0 Å². The maximum Gasteiger partial charge on any atom is 0.289 e. The van der Waals surface area contributed by atoms with E-state index in [1.54, 1.807) is 0 Å². The summed E-state index contributed by atoms with van der Waals surface area (Å²) in [5.41, 5.74) is 3.68. The summed E-state index contributed by atoms with van der Waals surface area (Å²) in [6.07, 6.45) is 0.479. The van der Waals surface area contributed by atoms with Gasteiger partial charge in [0.1, 0.15) is 5.02 Å². The molecule has 0 spiro atoms. The largest absolute Gasteiger partial charge is 0.289 e. The summed E-state index contributed by atoms with van der Waals surface area (Å²) in [6, 6.07) is 11.0. The van der Waals surface area contributed by atoms with Crippen LogP contribution in [0.15, 0.2) is 41.8 Å². The first kappa shape index (κ1) is 16.9. The third-order valence-electron chi connectivity index (χ3n) is 3.55. The molecule has 0 saturated heterocycles. The number of nitro benzene ring substituents is 1. The van der Waals surface area contributed by atoms with E-state index in [2.05, 4.69) is 4.98 Å². The van der Waals surface area contributed by atoms with Crippen LogP contribution in [0.4, 0.5) is 5.69 Å². The Kier molecular flexibility index (Phi) is 4.85. The third-order valence-corrected chi connectivity index (χ3v) is 5.06. The van der Waals surface area contributed by atoms with Gasteiger partial charge in [0.2, 0.25) is 0 Å². The quantitative estimate of drug-likeness (QED) is 0.417. The fourth-order valence-corrected chi connectivity index (χ4v) is 3.57. The highest BCUT2D eigenvalue weighted by Crippen LogP contribution is 2.33. The molecule has 1 aromatic heterocycles. The van der Waals surface area contributed by atoms with Gasteiger partial charge in [-0.1, -0.05) is 53.0 Å². The Morgan fingerprint density at radius 3 is 2.54 bits per heavy atom. The first-order valence-corrected chi connectivity index (χ1v) is 8.71. The zero-order valence-electron chi connectivity index (χ0n) is 12.6. The molecule has 0 N–H and O–H groups in total. The molecule has 1 heterocycles. The Balaban J connectivity index is 1.86. The van der Waals surface area contributed by atoms with E-state index in [1.807, 2.05) is 36.6 Å². The van der Waals surface area contributed by atoms with Gasteiger partial charge in [-0.3, -0.25) is 10.1 Å². The zero-order chi connectivity index (χ0) is 17.3. The van der Waals surface area contributed by atoms with Crippen LogP contribution in [0.3, 0.4) is 0 Å². The minimum atomic E-state index is -0.545. The fourth-order valence-electron chi connectivity index (χ4n) is 2.26. The van der Waals surface area contributed by atoms with Gasteiger partial charge >= 0.3 is 0 Å². The van der Waals surface area contributed by atoms with E-state index in [0.717, 1.165) is 21.8 Å². The summed E-state index contributed by atoms with van der Waals surface area (Å²) in [5, 5.41) is 14.1. The Hall–Kier alpha value is -1.95. The Bertz CT molecular complexity index is 907. The van der Waals surface area contributed by atoms with Crippen molar-refractivity contribution in [2.75, 3.05) is 0 Å². The van der Waals surface area contributed by atoms with Crippen molar-refractivity contribution in [1.82, 2.24) is 4.98 Å². The highest BCUT2D eigenvalue weighted by atomic mass is 35.5. The van der Waals surface area contributed by atoms with Crippen molar-refractivity contribution in [3.63, 3.8) is 0 Å². The van der Waals surface area contributed by atoms with Gasteiger partial charge in [0.15, 0.2) is 0 Å². The first-order valence-electron chi connectivity index (χ1n) is 7.08. The molecule has 0 saturated carbocycles. The van der Waals surface area contributed by atoms with Crippen LogP contribution < -0.4 is 0 Å². The maximum absolute atomic E-state index is 10.9. The van der Waals surface area contributed by atoms with Crippen molar-refractivity contribution < 1.29 is 4.92 Å². The molecule has 0 bridgehead atoms. The average molecular weight is 379 g/mol. The number of hydrogen-bond donors (Lipinski definition) is 0. The van der Waals surface area contributed by atoms with Crippen LogP contribution in [0.5, 0.6) is 0 Å². The Labute approximate surface area is 152 Å². The highest BCUT2D eigenvalue weighted by Gasteiger charge is 2.17. The van der Waals surface area contributed by atoms with Crippen molar-refractivity contribution in [3.05, 3.63) is 78.1 Å². The molecule has 7 heteroatoms. The topological polar surface area (TPSA) is 56.0 Å². The molecular weight excluding hydrogens is 367 g/mol. The minimum Gasteiger partial charge on any atom is -0.258 e. The molecule has 24 heavy (non-hydrogen) atoms. The van der Waals surface area contributed by atoms with Crippen LogP contribution in [-0.2, 0) is 6.42 Å². The minimum absolute atomic E-state index is 0.0784. The number of nitrogens with zero attached hydrogens (tertiary/aromatic N) is 2. The van der Waals surface area contributed by atoms with Gasteiger partial charge in [-0.2, -0.15) is 0 Å². The molecule has 122 valence electrons. The predicted molar refractivity (Wildman–Crippen MR) is 98.2 cm³/mol. The van der Waals surface area contributed by atoms with Gasteiger partial charge in [0, 0.05) is 23.4 Å². The SMILES string of the molecule is Cc1ccc(-c2csc(Cc3cc(Cl)c([N+](=O)[O-])cc3Cl)n2)cc1. The molecule has 0 aliphatic rings. The Morgan fingerprint density at radius 1 is 1.17 bits per heavy atom. The highest BCUT2D eigenvalue weighted by molar-refractivity contribution is 7.10. The van der Waals surface area contributed by atoms with E-state index in [-0.39, 0.29) is 10.7 Å². The van der Waals surface area contributed by atoms with E-state index in [1.165, 1.54) is 29.0 Å². The smallest absolute Gasteiger partial charge is 0.258 e. The van der Waals surface area contributed by atoms with E-state index in [9.17, 15) is 10.1 Å². The number of thiazole rings is 1. The second kappa shape index (κ2) is 6.89. The second-order valence-corrected chi connectivity index (χ2v) is 7.08. The van der Waals surface area contributed by atoms with Crippen LogP contribution >= 0.6 is 34.5 Å². The number of halogens is 2. The van der Waals surface area contributed by atoms with Crippen LogP contribution in [-0.4, -0.2) is 9.91 Å². The van der Waals surface area contributed by atoms with Crippen molar-refractivity contribution in [2.45, 2.75) is 13.3 Å². The zero-order valence-corrected chi connectivity index (χ0v) is 15.0. The normalized spacial score (nSPS) is 10.8. The summed E-state index contributed by atoms with van der Waals surface area (Å²) >= 11 is 13.6. The van der Waals surface area contributed by atoms with Crippen LogP contribution in [0.25, 0.3) is 11.3 Å². The molecule has 0 atom stereocenters. The van der Waals surface area contributed by atoms with Gasteiger partial charge in [-0.05, 0) is 18.6 Å². The molecule has 4 nitrogen and oxygen atoms in total. The molecule has 3 rings (SSSR count). The summed E-state index contributed by atoms with van der Waals surface area (Å²) in [7, 11) is 0. The van der Waals surface area contributed by atoms with E-state index < -0.39 is 4.92 Å². The number of hydrogen-bond acceptors (Lipinski definition) is 4. The number of nitro groups is 1. The average Bonchev–Trinajstić information content (AvgIpc) is 2.99. The first-order chi connectivity index (χ1) is 11.4. The van der Waals surface area contributed by atoms with E-state index >= 15 is 0 Å². The Morgan fingerprint density at radius 2 is 1.88 bits per heavy atom. The number of rotatable bonds is 4. The predicted octanol–water partition coefficient (Wildman–Crippen LogP) is 5.92. The lowest BCUT2D eigenvalue weighted by Gasteiger charge is -2.04. The van der Waals surface area contributed by atoms with Crippen LogP contribution in [0, 0.1) is 17.0 Å². The van der Waals surface area contributed by atoms with E-state index in [4.69, 9.17) is 23.2 Å². The van der Waals surface area contributed by atoms with Gasteiger partial charge in [0.05, 0.1) is 20.6 Å². The molecule has 3 aromatic rings. The summed E-state index contributed by atoms with van der Waals surface area (Å²) in [4.78, 5) is 15.0. The number of benzene rings is 2. The summed E-state index contributed by atoms with van der Waals surface area (Å²) in [6.45, 7) is 2.04. The van der Waals surface area contributed by atoms with Gasteiger partial charge in [-0.15, -0.1) is 11.3 Å². The number of aryl methyl sites for hydroxylation is 1. The van der Waals surface area contributed by atoms with E-state index in [0.29, 0.717) is 11.4 Å². The molecule has 0 aliphatic heterocycles. The molecule has 0 radical (unpaired) electrons. The van der Waals surface area contributed by atoms with Crippen LogP contribution in [0.2, 0.25) is 10.0 Å². The van der Waals surface area contributed by atoms with Crippen molar-refractivity contribution in [2.24, 2.45) is 0 Å². The molecular formula is C17H12Cl2N2O2S. The molecule has 2 aromatic carbocycles. The summed E-state index contributed by atoms with van der Waals surface area (Å²) < 4.78 is 0. The third kappa shape index (κ3) is 3.59. The lowest BCUT2D eigenvalue weighted by atomic mass is 10.1. The monoisotopic (exact) mass is 378 g/mol. The second-order valence-electron chi connectivity index (χ2n) is 5.32. The molecule has 0 fully saturated rings. The van der Waals surface area contributed by atoms with Gasteiger partial charge in [-0.25, -0.2) is 4.98 Å². The maximum atomic E-state index is 10.9. The van der Waals surface area contributed by atoms with Crippen molar-refractivity contribution in [3.8, 4) is 11.3 Å². The van der Waals surface area contributed by atoms with Crippen LogP contribution in [0.1, 0.15) is 16.1 Å². The van der Waals surface area contributed by atoms with Gasteiger partial charge < -0.3 is 0 Å². The lowest BCUT2D eigenvalue weighted by molar-refractivity contribution is -0.384. The molecule has 0 amide bonds. The number of aromatic nitrogens is 1. The fraction of sp³-hybridized carbons (Fsp3) is 0.118. The van der Waals surface area contributed by atoms with Crippen molar-refractivity contribution >= 4 is 40.2 Å². The molecule has 0 aliphatic carbocycles. The molecule has 0 unspecified atom stereocenters. The summed E-state index contributed by atoms with van der Waals surface area (Å²) in [5.74, 6) is 0.